The monoisotopic (exact) mass is 396 g/mol. The van der Waals surface area contributed by atoms with Gasteiger partial charge in [0.15, 0.2) is 11.0 Å². The second-order valence-electron chi connectivity index (χ2n) is 6.20. The van der Waals surface area contributed by atoms with Crippen molar-refractivity contribution in [3.63, 3.8) is 0 Å². The van der Waals surface area contributed by atoms with Gasteiger partial charge in [-0.25, -0.2) is 4.98 Å². The maximum atomic E-state index is 12.4. The summed E-state index contributed by atoms with van der Waals surface area (Å²) in [5.41, 5.74) is 1.63. The summed E-state index contributed by atoms with van der Waals surface area (Å²) in [4.78, 5) is 21.5. The van der Waals surface area contributed by atoms with Crippen molar-refractivity contribution in [1.29, 1.82) is 0 Å². The molecular weight excluding hydrogens is 376 g/mol. The summed E-state index contributed by atoms with van der Waals surface area (Å²) in [5.74, 6) is -0.0775. The lowest BCUT2D eigenvalue weighted by atomic mass is 10.0. The molecule has 0 saturated carbocycles. The number of nitrogens with one attached hydrogen (secondary N) is 2. The molecule has 1 aliphatic rings. The molecule has 26 heavy (non-hydrogen) atoms. The van der Waals surface area contributed by atoms with Crippen LogP contribution in [-0.4, -0.2) is 50.3 Å². The third-order valence-electron chi connectivity index (χ3n) is 4.23. The highest BCUT2D eigenvalue weighted by Gasteiger charge is 2.27. The van der Waals surface area contributed by atoms with Crippen LogP contribution in [0.25, 0.3) is 0 Å². The Hall–Kier alpha value is -1.97. The molecule has 8 nitrogen and oxygen atoms in total. The largest absolute Gasteiger partial charge is 0.386 e. The highest BCUT2D eigenvalue weighted by molar-refractivity contribution is 7.15. The topological polar surface area (TPSA) is 107 Å². The van der Waals surface area contributed by atoms with E-state index in [2.05, 4.69) is 32.1 Å². The van der Waals surface area contributed by atoms with Gasteiger partial charge in [-0.3, -0.25) is 4.79 Å². The van der Waals surface area contributed by atoms with Gasteiger partial charge in [-0.2, -0.15) is 0 Å². The standard InChI is InChI=1S/C16H21ClN6O2S/c1-4-10-12(17)20-13(18-10)14(25)19-11-5-6-23(7-8(11)2)16-22-21-15(26-16)9(3)24/h9,11,24H,2,4-7H2,1,3H3,(H,18,20)(H,19,25)/t9-,11+/m0/s1. The Morgan fingerprint density at radius 2 is 2.35 bits per heavy atom. The van der Waals surface area contributed by atoms with Gasteiger partial charge in [0.25, 0.3) is 5.91 Å². The minimum atomic E-state index is -0.630. The molecular formula is C16H21ClN6O2S. The van der Waals surface area contributed by atoms with E-state index in [1.54, 1.807) is 6.92 Å². The summed E-state index contributed by atoms with van der Waals surface area (Å²) in [5, 5.41) is 22.3. The van der Waals surface area contributed by atoms with E-state index in [4.69, 9.17) is 11.6 Å². The molecule has 0 aliphatic carbocycles. The Bertz CT molecular complexity index is 818. The van der Waals surface area contributed by atoms with Crippen molar-refractivity contribution in [1.82, 2.24) is 25.5 Å². The van der Waals surface area contributed by atoms with Gasteiger partial charge in [-0.1, -0.05) is 36.4 Å². The van der Waals surface area contributed by atoms with Crippen LogP contribution in [0.4, 0.5) is 5.13 Å². The lowest BCUT2D eigenvalue weighted by Gasteiger charge is -2.33. The van der Waals surface area contributed by atoms with Gasteiger partial charge in [0.1, 0.15) is 11.1 Å². The van der Waals surface area contributed by atoms with Crippen molar-refractivity contribution in [2.45, 2.75) is 38.8 Å². The van der Waals surface area contributed by atoms with E-state index in [0.717, 1.165) is 16.4 Å². The van der Waals surface area contributed by atoms with E-state index >= 15 is 0 Å². The second kappa shape index (κ2) is 7.73. The van der Waals surface area contributed by atoms with Crippen LogP contribution in [0.15, 0.2) is 12.2 Å². The van der Waals surface area contributed by atoms with Crippen LogP contribution in [0.3, 0.4) is 0 Å². The van der Waals surface area contributed by atoms with Crippen molar-refractivity contribution in [3.8, 4) is 0 Å². The summed E-state index contributed by atoms with van der Waals surface area (Å²) in [6.45, 7) is 8.97. The number of hydrogen-bond acceptors (Lipinski definition) is 7. The first-order chi connectivity index (χ1) is 12.4. The van der Waals surface area contributed by atoms with Gasteiger partial charge < -0.3 is 20.3 Å². The number of aryl methyl sites for hydroxylation is 1. The number of H-pyrrole nitrogens is 1. The zero-order chi connectivity index (χ0) is 18.8. The minimum Gasteiger partial charge on any atom is -0.386 e. The molecule has 2 aromatic rings. The number of aromatic amines is 1. The average Bonchev–Trinajstić information content (AvgIpc) is 3.23. The molecule has 3 rings (SSSR count). The maximum absolute atomic E-state index is 12.4. The quantitative estimate of drug-likeness (QED) is 0.668. The minimum absolute atomic E-state index is 0.142. The number of amides is 1. The predicted molar refractivity (Wildman–Crippen MR) is 101 cm³/mol. The lowest BCUT2D eigenvalue weighted by Crippen LogP contribution is -2.46. The highest BCUT2D eigenvalue weighted by atomic mass is 35.5. The Morgan fingerprint density at radius 1 is 1.58 bits per heavy atom. The number of imidazole rings is 1. The fourth-order valence-corrected chi connectivity index (χ4v) is 3.81. The van der Waals surface area contributed by atoms with E-state index in [1.807, 2.05) is 11.8 Å². The molecule has 1 aliphatic heterocycles. The van der Waals surface area contributed by atoms with Crippen LogP contribution < -0.4 is 10.2 Å². The number of halogens is 1. The van der Waals surface area contributed by atoms with Gasteiger partial charge in [0, 0.05) is 13.1 Å². The van der Waals surface area contributed by atoms with Crippen molar-refractivity contribution in [2.24, 2.45) is 0 Å². The summed E-state index contributed by atoms with van der Waals surface area (Å²) >= 11 is 7.36. The smallest absolute Gasteiger partial charge is 0.287 e. The third-order valence-corrected chi connectivity index (χ3v) is 5.70. The second-order valence-corrected chi connectivity index (χ2v) is 7.55. The van der Waals surface area contributed by atoms with E-state index in [9.17, 15) is 9.90 Å². The summed E-state index contributed by atoms with van der Waals surface area (Å²) in [6.07, 6.45) is 0.749. The lowest BCUT2D eigenvalue weighted by molar-refractivity contribution is 0.0930. The molecule has 1 amide bonds. The Balaban J connectivity index is 1.61. The summed E-state index contributed by atoms with van der Waals surface area (Å²) in [7, 11) is 0. The molecule has 2 atom stereocenters. The van der Waals surface area contributed by atoms with Crippen LogP contribution in [0.2, 0.25) is 5.15 Å². The molecule has 140 valence electrons. The van der Waals surface area contributed by atoms with Gasteiger partial charge in [0.2, 0.25) is 5.13 Å². The van der Waals surface area contributed by atoms with Crippen LogP contribution >= 0.6 is 22.9 Å². The number of rotatable bonds is 5. The number of aliphatic hydroxyl groups is 1. The number of aromatic nitrogens is 4. The third kappa shape index (κ3) is 3.89. The number of carbonyl (C=O) groups excluding carboxylic acids is 1. The van der Waals surface area contributed by atoms with Crippen LogP contribution in [0.5, 0.6) is 0 Å². The number of nitrogens with zero attached hydrogens (tertiary/aromatic N) is 4. The molecule has 0 bridgehead atoms. The Labute approximate surface area is 160 Å². The van der Waals surface area contributed by atoms with Crippen molar-refractivity contribution >= 4 is 34.0 Å². The molecule has 3 N–H and O–H groups in total. The van der Waals surface area contributed by atoms with E-state index < -0.39 is 6.10 Å². The first-order valence-electron chi connectivity index (χ1n) is 8.38. The molecule has 1 saturated heterocycles. The Kier molecular flexibility index (Phi) is 5.59. The molecule has 0 aromatic carbocycles. The fraction of sp³-hybridized carbons (Fsp3) is 0.500. The van der Waals surface area contributed by atoms with Gasteiger partial charge in [0.05, 0.1) is 11.7 Å². The van der Waals surface area contributed by atoms with Crippen LogP contribution in [0.1, 0.15) is 47.7 Å². The number of hydrogen-bond donors (Lipinski definition) is 3. The fourth-order valence-electron chi connectivity index (χ4n) is 2.74. The molecule has 10 heteroatoms. The molecule has 3 heterocycles. The predicted octanol–water partition coefficient (Wildman–Crippen LogP) is 2.10. The van der Waals surface area contributed by atoms with Crippen molar-refractivity contribution in [2.75, 3.05) is 18.0 Å². The zero-order valence-electron chi connectivity index (χ0n) is 14.6. The summed E-state index contributed by atoms with van der Waals surface area (Å²) in [6, 6.07) is -0.142. The number of carbonyl (C=O) groups is 1. The molecule has 0 radical (unpaired) electrons. The Morgan fingerprint density at radius 3 is 2.92 bits per heavy atom. The van der Waals surface area contributed by atoms with E-state index in [-0.39, 0.29) is 17.8 Å². The van der Waals surface area contributed by atoms with Crippen molar-refractivity contribution < 1.29 is 9.90 Å². The average molecular weight is 397 g/mol. The first-order valence-corrected chi connectivity index (χ1v) is 9.57. The van der Waals surface area contributed by atoms with Crippen LogP contribution in [-0.2, 0) is 6.42 Å². The van der Waals surface area contributed by atoms with Gasteiger partial charge >= 0.3 is 0 Å². The molecule has 0 spiro atoms. The molecule has 2 aromatic heterocycles. The zero-order valence-corrected chi connectivity index (χ0v) is 16.2. The summed E-state index contributed by atoms with van der Waals surface area (Å²) < 4.78 is 0. The number of anilines is 1. The number of aliphatic hydroxyl groups excluding tert-OH is 1. The maximum Gasteiger partial charge on any atom is 0.287 e. The first kappa shape index (κ1) is 18.8. The molecule has 0 unspecified atom stereocenters. The highest BCUT2D eigenvalue weighted by Crippen LogP contribution is 2.28. The van der Waals surface area contributed by atoms with E-state index in [0.29, 0.717) is 36.1 Å². The van der Waals surface area contributed by atoms with Gasteiger partial charge in [-0.15, -0.1) is 10.2 Å². The normalized spacial score (nSPS) is 18.8. The molecule has 1 fully saturated rings. The number of piperidine rings is 1. The van der Waals surface area contributed by atoms with E-state index in [1.165, 1.54) is 11.3 Å². The van der Waals surface area contributed by atoms with Crippen LogP contribution in [0, 0.1) is 0 Å². The SMILES string of the molecule is C=C1CN(c2nnc([C@H](C)O)s2)CC[C@H]1NC(=O)c1nc(Cl)c(CC)[nH]1. The van der Waals surface area contributed by atoms with Gasteiger partial charge in [-0.05, 0) is 25.3 Å². The van der Waals surface area contributed by atoms with Crippen molar-refractivity contribution in [3.05, 3.63) is 33.8 Å².